The molecule has 0 fully saturated rings. The minimum absolute atomic E-state index is 0.0346. The van der Waals surface area contributed by atoms with Gasteiger partial charge in [-0.15, -0.1) is 0 Å². The van der Waals surface area contributed by atoms with Crippen molar-refractivity contribution in [3.05, 3.63) is 53.6 Å². The highest BCUT2D eigenvalue weighted by atomic mass is 19.2. The van der Waals surface area contributed by atoms with Gasteiger partial charge in [0.1, 0.15) is 17.2 Å². The average Bonchev–Trinajstić information content (AvgIpc) is 3.06. The molecule has 1 heterocycles. The van der Waals surface area contributed by atoms with Crippen molar-refractivity contribution in [2.75, 3.05) is 14.2 Å². The Morgan fingerprint density at radius 1 is 1.08 bits per heavy atom. The largest absolute Gasteiger partial charge is 0.497 e. The number of halogens is 2. The summed E-state index contributed by atoms with van der Waals surface area (Å²) in [5, 5.41) is 13.6. The first-order valence-electron chi connectivity index (χ1n) is 7.36. The molecule has 0 amide bonds. The smallest absolute Gasteiger partial charge is 0.176 e. The summed E-state index contributed by atoms with van der Waals surface area (Å²) in [4.78, 5) is 0. The Bertz CT molecular complexity index is 908. The molecule has 5 nitrogen and oxygen atoms in total. The summed E-state index contributed by atoms with van der Waals surface area (Å²) in [6.07, 6.45) is 0. The van der Waals surface area contributed by atoms with Crippen molar-refractivity contribution in [3.63, 3.8) is 0 Å². The van der Waals surface area contributed by atoms with Crippen LogP contribution in [0.1, 0.15) is 5.56 Å². The molecule has 1 aromatic heterocycles. The summed E-state index contributed by atoms with van der Waals surface area (Å²) in [6, 6.07) is 8.72. The van der Waals surface area contributed by atoms with Crippen LogP contribution < -0.4 is 9.47 Å². The molecule has 0 radical (unpaired) electrons. The van der Waals surface area contributed by atoms with E-state index < -0.39 is 18.2 Å². The molecule has 0 saturated heterocycles. The number of aliphatic hydroxyl groups excluding tert-OH is 1. The number of ether oxygens (including phenoxy) is 2. The average molecular weight is 347 g/mol. The lowest BCUT2D eigenvalue weighted by molar-refractivity contribution is 0.281. The minimum atomic E-state index is -1.06. The Morgan fingerprint density at radius 3 is 2.56 bits per heavy atom. The van der Waals surface area contributed by atoms with E-state index in [2.05, 4.69) is 5.16 Å². The number of hydrogen-bond donors (Lipinski definition) is 1. The predicted octanol–water partition coefficient (Wildman–Crippen LogP) is 3.80. The van der Waals surface area contributed by atoms with E-state index in [9.17, 15) is 13.9 Å². The summed E-state index contributed by atoms with van der Waals surface area (Å²) >= 11 is 0. The van der Waals surface area contributed by atoms with Crippen LogP contribution in [0, 0.1) is 11.6 Å². The van der Waals surface area contributed by atoms with Gasteiger partial charge in [-0.1, -0.05) is 11.2 Å². The first kappa shape index (κ1) is 16.9. The summed E-state index contributed by atoms with van der Waals surface area (Å²) in [6.45, 7) is -0.473. The van der Waals surface area contributed by atoms with E-state index in [-0.39, 0.29) is 22.6 Å². The molecule has 0 aliphatic rings. The number of aliphatic hydroxyl groups is 1. The molecule has 2 aromatic carbocycles. The fraction of sp³-hybridized carbons (Fsp3) is 0.167. The maximum Gasteiger partial charge on any atom is 0.176 e. The molecule has 130 valence electrons. The third-order valence-corrected chi connectivity index (χ3v) is 3.81. The zero-order chi connectivity index (χ0) is 18.0. The lowest BCUT2D eigenvalue weighted by Gasteiger charge is -2.09. The maximum absolute atomic E-state index is 14.1. The molecule has 0 bridgehead atoms. The number of benzene rings is 2. The van der Waals surface area contributed by atoms with Crippen LogP contribution in [0.4, 0.5) is 8.78 Å². The molecule has 3 aromatic rings. The zero-order valence-corrected chi connectivity index (χ0v) is 13.5. The summed E-state index contributed by atoms with van der Waals surface area (Å²) in [5.74, 6) is -0.856. The van der Waals surface area contributed by atoms with Crippen LogP contribution in [0.5, 0.6) is 11.5 Å². The molecule has 0 atom stereocenters. The van der Waals surface area contributed by atoms with E-state index in [4.69, 9.17) is 14.0 Å². The van der Waals surface area contributed by atoms with E-state index in [0.29, 0.717) is 17.1 Å². The van der Waals surface area contributed by atoms with E-state index in [1.54, 1.807) is 18.2 Å². The fourth-order valence-corrected chi connectivity index (χ4v) is 2.55. The standard InChI is InChI=1S/C18H15F2NO4/c1-23-10-6-7-11(15(8-10)24-2)18-13(9-22)17(21-25-18)12-4-3-5-14(19)16(12)20/h3-8,22H,9H2,1-2H3. The molecule has 0 unspecified atom stereocenters. The van der Waals surface area contributed by atoms with Crippen molar-refractivity contribution in [1.29, 1.82) is 0 Å². The number of aromatic nitrogens is 1. The zero-order valence-electron chi connectivity index (χ0n) is 13.5. The number of rotatable bonds is 5. The van der Waals surface area contributed by atoms with Gasteiger partial charge in [0.2, 0.25) is 0 Å². The highest BCUT2D eigenvalue weighted by Crippen LogP contribution is 2.39. The molecule has 0 spiro atoms. The molecule has 25 heavy (non-hydrogen) atoms. The van der Waals surface area contributed by atoms with Gasteiger partial charge in [-0.25, -0.2) is 8.78 Å². The van der Waals surface area contributed by atoms with Gasteiger partial charge in [0.05, 0.1) is 32.0 Å². The minimum Gasteiger partial charge on any atom is -0.497 e. The van der Waals surface area contributed by atoms with E-state index in [1.165, 1.54) is 26.4 Å². The van der Waals surface area contributed by atoms with E-state index >= 15 is 0 Å². The number of nitrogens with zero attached hydrogens (tertiary/aromatic N) is 1. The number of hydrogen-bond acceptors (Lipinski definition) is 5. The SMILES string of the molecule is COc1ccc(-c2onc(-c3cccc(F)c3F)c2CO)c(OC)c1. The third kappa shape index (κ3) is 2.94. The molecule has 1 N–H and O–H groups in total. The molecule has 0 aliphatic heterocycles. The normalized spacial score (nSPS) is 10.8. The lowest BCUT2D eigenvalue weighted by atomic mass is 10.0. The lowest BCUT2D eigenvalue weighted by Crippen LogP contribution is -1.95. The summed E-state index contributed by atoms with van der Waals surface area (Å²) in [5.41, 5.74) is 0.676. The second-order valence-electron chi connectivity index (χ2n) is 5.16. The first-order valence-corrected chi connectivity index (χ1v) is 7.36. The van der Waals surface area contributed by atoms with Crippen molar-refractivity contribution in [1.82, 2.24) is 5.16 Å². The van der Waals surface area contributed by atoms with Crippen LogP contribution in [-0.4, -0.2) is 24.5 Å². The van der Waals surface area contributed by atoms with E-state index in [0.717, 1.165) is 6.07 Å². The molecule has 0 saturated carbocycles. The Kier molecular flexibility index (Phi) is 4.67. The predicted molar refractivity (Wildman–Crippen MR) is 86.3 cm³/mol. The van der Waals surface area contributed by atoms with Crippen LogP contribution >= 0.6 is 0 Å². The van der Waals surface area contributed by atoms with Crippen molar-refractivity contribution in [2.45, 2.75) is 6.61 Å². The quantitative estimate of drug-likeness (QED) is 0.761. The monoisotopic (exact) mass is 347 g/mol. The Balaban J connectivity index is 2.17. The number of methoxy groups -OCH3 is 2. The van der Waals surface area contributed by atoms with Crippen LogP contribution in [-0.2, 0) is 6.61 Å². The van der Waals surface area contributed by atoms with Gasteiger partial charge in [0, 0.05) is 11.6 Å². The Hall–Kier alpha value is -2.93. The topological polar surface area (TPSA) is 64.7 Å². The van der Waals surface area contributed by atoms with Crippen molar-refractivity contribution < 1.29 is 27.9 Å². The molecule has 7 heteroatoms. The summed E-state index contributed by atoms with van der Waals surface area (Å²) < 4.78 is 43.4. The van der Waals surface area contributed by atoms with Crippen LogP contribution in [0.3, 0.4) is 0 Å². The summed E-state index contributed by atoms with van der Waals surface area (Å²) in [7, 11) is 2.99. The first-order chi connectivity index (χ1) is 12.1. The van der Waals surface area contributed by atoms with Gasteiger partial charge in [-0.2, -0.15) is 0 Å². The van der Waals surface area contributed by atoms with Gasteiger partial charge in [-0.3, -0.25) is 0 Å². The Labute approximate surface area is 142 Å². The molecular formula is C18H15F2NO4. The van der Waals surface area contributed by atoms with Crippen molar-refractivity contribution in [3.8, 4) is 34.1 Å². The Morgan fingerprint density at radius 2 is 1.88 bits per heavy atom. The van der Waals surface area contributed by atoms with Crippen LogP contribution in [0.15, 0.2) is 40.9 Å². The maximum atomic E-state index is 14.1. The third-order valence-electron chi connectivity index (χ3n) is 3.81. The molecule has 0 aliphatic carbocycles. The van der Waals surface area contributed by atoms with E-state index in [1.807, 2.05) is 0 Å². The van der Waals surface area contributed by atoms with Gasteiger partial charge >= 0.3 is 0 Å². The van der Waals surface area contributed by atoms with Crippen molar-refractivity contribution in [2.24, 2.45) is 0 Å². The van der Waals surface area contributed by atoms with Crippen molar-refractivity contribution >= 4 is 0 Å². The van der Waals surface area contributed by atoms with Gasteiger partial charge < -0.3 is 19.1 Å². The van der Waals surface area contributed by atoms with Crippen LogP contribution in [0.25, 0.3) is 22.6 Å². The van der Waals surface area contributed by atoms with Gasteiger partial charge in [0.25, 0.3) is 0 Å². The van der Waals surface area contributed by atoms with Crippen LogP contribution in [0.2, 0.25) is 0 Å². The second-order valence-corrected chi connectivity index (χ2v) is 5.16. The highest BCUT2D eigenvalue weighted by molar-refractivity contribution is 5.76. The second kappa shape index (κ2) is 6.90. The molecular weight excluding hydrogens is 332 g/mol. The molecule has 3 rings (SSSR count). The van der Waals surface area contributed by atoms with Gasteiger partial charge in [0.15, 0.2) is 17.4 Å². The fourth-order valence-electron chi connectivity index (χ4n) is 2.55. The van der Waals surface area contributed by atoms with Gasteiger partial charge in [-0.05, 0) is 24.3 Å². The highest BCUT2D eigenvalue weighted by Gasteiger charge is 2.24.